The molecular formula is C18H19Cl2NO. The van der Waals surface area contributed by atoms with E-state index in [0.717, 1.165) is 18.4 Å². The lowest BCUT2D eigenvalue weighted by atomic mass is 10.1. The van der Waals surface area contributed by atoms with E-state index in [4.69, 9.17) is 23.2 Å². The largest absolute Gasteiger partial charge is 0.356 e. The molecule has 0 aliphatic heterocycles. The predicted octanol–water partition coefficient (Wildman–Crippen LogP) is 4.68. The molecule has 4 heteroatoms. The van der Waals surface area contributed by atoms with Crippen LogP contribution >= 0.6 is 23.2 Å². The van der Waals surface area contributed by atoms with E-state index in [1.807, 2.05) is 18.2 Å². The highest BCUT2D eigenvalue weighted by atomic mass is 35.5. The molecule has 22 heavy (non-hydrogen) atoms. The van der Waals surface area contributed by atoms with E-state index in [9.17, 15) is 4.79 Å². The monoisotopic (exact) mass is 335 g/mol. The molecule has 0 atom stereocenters. The van der Waals surface area contributed by atoms with E-state index in [-0.39, 0.29) is 5.91 Å². The fraction of sp³-hybridized carbons (Fsp3) is 0.278. The summed E-state index contributed by atoms with van der Waals surface area (Å²) in [6.45, 7) is 0.685. The zero-order valence-corrected chi connectivity index (χ0v) is 13.8. The van der Waals surface area contributed by atoms with E-state index in [0.29, 0.717) is 29.4 Å². The van der Waals surface area contributed by atoms with Crippen molar-refractivity contribution in [3.8, 4) is 0 Å². The Bertz CT molecular complexity index is 593. The van der Waals surface area contributed by atoms with E-state index in [2.05, 4.69) is 17.4 Å². The number of aryl methyl sites for hydroxylation is 1. The molecule has 2 nitrogen and oxygen atoms in total. The van der Waals surface area contributed by atoms with Crippen LogP contribution in [0.15, 0.2) is 48.5 Å². The van der Waals surface area contributed by atoms with Gasteiger partial charge in [-0.15, -0.1) is 0 Å². The molecule has 1 amide bonds. The summed E-state index contributed by atoms with van der Waals surface area (Å²) in [5.74, 6) is 0.0315. The van der Waals surface area contributed by atoms with Gasteiger partial charge in [0.05, 0.1) is 0 Å². The van der Waals surface area contributed by atoms with Gasteiger partial charge >= 0.3 is 0 Å². The van der Waals surface area contributed by atoms with Gasteiger partial charge in [-0.3, -0.25) is 4.79 Å². The van der Waals surface area contributed by atoms with Crippen LogP contribution in [-0.4, -0.2) is 12.5 Å². The highest BCUT2D eigenvalue weighted by Crippen LogP contribution is 2.25. The first-order chi connectivity index (χ1) is 10.7. The van der Waals surface area contributed by atoms with Gasteiger partial charge in [0.1, 0.15) is 0 Å². The number of benzene rings is 2. The number of rotatable bonds is 7. The van der Waals surface area contributed by atoms with Crippen molar-refractivity contribution in [2.45, 2.75) is 25.7 Å². The third kappa shape index (κ3) is 5.36. The average molecular weight is 336 g/mol. The lowest BCUT2D eigenvalue weighted by Gasteiger charge is -2.08. The first-order valence-corrected chi connectivity index (χ1v) is 8.16. The maximum Gasteiger partial charge on any atom is 0.220 e. The Morgan fingerprint density at radius 1 is 0.909 bits per heavy atom. The molecule has 1 N–H and O–H groups in total. The van der Waals surface area contributed by atoms with Crippen LogP contribution in [0.3, 0.4) is 0 Å². The van der Waals surface area contributed by atoms with Crippen LogP contribution in [0.1, 0.15) is 24.0 Å². The number of carbonyl (C=O) groups excluding carboxylic acids is 1. The van der Waals surface area contributed by atoms with Crippen LogP contribution in [0.4, 0.5) is 0 Å². The molecule has 2 aromatic rings. The molecule has 0 spiro atoms. The summed E-state index contributed by atoms with van der Waals surface area (Å²) in [6.07, 6.45) is 2.86. The smallest absolute Gasteiger partial charge is 0.220 e. The Hall–Kier alpha value is -1.51. The van der Waals surface area contributed by atoms with Crippen molar-refractivity contribution < 1.29 is 4.79 Å². The highest BCUT2D eigenvalue weighted by molar-refractivity contribution is 6.36. The predicted molar refractivity (Wildman–Crippen MR) is 92.6 cm³/mol. The molecule has 0 aromatic heterocycles. The second-order valence-electron chi connectivity index (χ2n) is 5.14. The quantitative estimate of drug-likeness (QED) is 0.731. The van der Waals surface area contributed by atoms with Crippen molar-refractivity contribution in [1.82, 2.24) is 5.32 Å². The van der Waals surface area contributed by atoms with Gasteiger partial charge in [0.15, 0.2) is 0 Å². The van der Waals surface area contributed by atoms with E-state index in [1.165, 1.54) is 5.56 Å². The highest BCUT2D eigenvalue weighted by Gasteiger charge is 2.08. The first kappa shape index (κ1) is 16.9. The minimum atomic E-state index is 0.0315. The Labute approximate surface area is 141 Å². The molecular weight excluding hydrogens is 317 g/mol. The van der Waals surface area contributed by atoms with Crippen molar-refractivity contribution in [3.05, 3.63) is 69.7 Å². The molecule has 2 rings (SSSR count). The summed E-state index contributed by atoms with van der Waals surface area (Å²) >= 11 is 12.2. The Morgan fingerprint density at radius 2 is 1.59 bits per heavy atom. The first-order valence-electron chi connectivity index (χ1n) is 7.40. The van der Waals surface area contributed by atoms with Gasteiger partial charge in [-0.25, -0.2) is 0 Å². The number of hydrogen-bond acceptors (Lipinski definition) is 1. The molecule has 0 bridgehead atoms. The Kier molecular flexibility index (Phi) is 6.75. The molecule has 0 aliphatic rings. The van der Waals surface area contributed by atoms with Gasteiger partial charge in [-0.2, -0.15) is 0 Å². The summed E-state index contributed by atoms with van der Waals surface area (Å²) in [7, 11) is 0. The topological polar surface area (TPSA) is 29.1 Å². The standard InChI is InChI=1S/C18H19Cl2NO/c19-16-9-4-10-17(20)15(16)11-12-18(22)21-13-5-8-14-6-2-1-3-7-14/h1-4,6-7,9-10H,5,8,11-13H2,(H,21,22). The van der Waals surface area contributed by atoms with E-state index >= 15 is 0 Å². The van der Waals surface area contributed by atoms with Crippen LogP contribution in [-0.2, 0) is 17.6 Å². The van der Waals surface area contributed by atoms with Gasteiger partial charge in [0, 0.05) is 23.0 Å². The fourth-order valence-electron chi connectivity index (χ4n) is 2.26. The second kappa shape index (κ2) is 8.82. The number of amides is 1. The van der Waals surface area contributed by atoms with Crippen LogP contribution in [0.5, 0.6) is 0 Å². The van der Waals surface area contributed by atoms with Crippen LogP contribution in [0.2, 0.25) is 10.0 Å². The van der Waals surface area contributed by atoms with Crippen molar-refractivity contribution in [2.75, 3.05) is 6.54 Å². The minimum absolute atomic E-state index is 0.0315. The van der Waals surface area contributed by atoms with Crippen LogP contribution in [0.25, 0.3) is 0 Å². The Morgan fingerprint density at radius 3 is 2.27 bits per heavy atom. The number of halogens is 2. The summed E-state index contributed by atoms with van der Waals surface area (Å²) in [4.78, 5) is 11.9. The SMILES string of the molecule is O=C(CCc1c(Cl)cccc1Cl)NCCCc1ccccc1. The van der Waals surface area contributed by atoms with Gasteiger partial charge < -0.3 is 5.32 Å². The fourth-order valence-corrected chi connectivity index (χ4v) is 2.85. The number of hydrogen-bond donors (Lipinski definition) is 1. The van der Waals surface area contributed by atoms with Gasteiger partial charge in [-0.05, 0) is 42.5 Å². The third-order valence-electron chi connectivity index (χ3n) is 3.47. The van der Waals surface area contributed by atoms with Crippen molar-refractivity contribution in [3.63, 3.8) is 0 Å². The zero-order chi connectivity index (χ0) is 15.8. The van der Waals surface area contributed by atoms with Gasteiger partial charge in [0.25, 0.3) is 0 Å². The number of nitrogens with one attached hydrogen (secondary N) is 1. The van der Waals surface area contributed by atoms with Crippen LogP contribution < -0.4 is 5.32 Å². The van der Waals surface area contributed by atoms with E-state index < -0.39 is 0 Å². The number of carbonyl (C=O) groups is 1. The summed E-state index contributed by atoms with van der Waals surface area (Å²) in [6, 6.07) is 15.6. The second-order valence-corrected chi connectivity index (χ2v) is 5.95. The summed E-state index contributed by atoms with van der Waals surface area (Å²) < 4.78 is 0. The molecule has 116 valence electrons. The molecule has 0 saturated carbocycles. The minimum Gasteiger partial charge on any atom is -0.356 e. The summed E-state index contributed by atoms with van der Waals surface area (Å²) in [5, 5.41) is 4.17. The maximum atomic E-state index is 11.9. The van der Waals surface area contributed by atoms with Crippen molar-refractivity contribution in [1.29, 1.82) is 0 Å². The molecule has 0 fully saturated rings. The molecule has 0 saturated heterocycles. The Balaban J connectivity index is 1.68. The lowest BCUT2D eigenvalue weighted by molar-refractivity contribution is -0.121. The maximum absolute atomic E-state index is 11.9. The third-order valence-corrected chi connectivity index (χ3v) is 4.18. The molecule has 2 aromatic carbocycles. The van der Waals surface area contributed by atoms with Gasteiger partial charge in [0.2, 0.25) is 5.91 Å². The van der Waals surface area contributed by atoms with Crippen LogP contribution in [0, 0.1) is 0 Å². The normalized spacial score (nSPS) is 10.5. The van der Waals surface area contributed by atoms with E-state index in [1.54, 1.807) is 18.2 Å². The zero-order valence-electron chi connectivity index (χ0n) is 12.3. The average Bonchev–Trinajstić information content (AvgIpc) is 2.52. The molecule has 0 aliphatic carbocycles. The summed E-state index contributed by atoms with van der Waals surface area (Å²) in [5.41, 5.74) is 2.13. The van der Waals surface area contributed by atoms with Crippen molar-refractivity contribution >= 4 is 29.1 Å². The van der Waals surface area contributed by atoms with Gasteiger partial charge in [-0.1, -0.05) is 59.6 Å². The molecule has 0 heterocycles. The molecule has 0 radical (unpaired) electrons. The lowest BCUT2D eigenvalue weighted by Crippen LogP contribution is -2.25. The molecule has 0 unspecified atom stereocenters. The van der Waals surface area contributed by atoms with Crippen molar-refractivity contribution in [2.24, 2.45) is 0 Å².